The van der Waals surface area contributed by atoms with Crippen molar-refractivity contribution in [1.82, 2.24) is 4.98 Å². The normalized spacial score (nSPS) is 17.6. The van der Waals surface area contributed by atoms with Gasteiger partial charge in [0, 0.05) is 17.6 Å². The summed E-state index contributed by atoms with van der Waals surface area (Å²) < 4.78 is 0. The summed E-state index contributed by atoms with van der Waals surface area (Å²) in [5.41, 5.74) is 8.53. The number of fused-ring (bicyclic) bond motifs is 1. The number of nitrogens with two attached hydrogens (primary N) is 1. The molecular formula is C14H16N2. The Morgan fingerprint density at radius 3 is 2.88 bits per heavy atom. The van der Waals surface area contributed by atoms with Crippen molar-refractivity contribution in [1.29, 1.82) is 0 Å². The third kappa shape index (κ3) is 1.81. The van der Waals surface area contributed by atoms with Crippen LogP contribution >= 0.6 is 0 Å². The van der Waals surface area contributed by atoms with Crippen molar-refractivity contribution in [2.45, 2.75) is 25.3 Å². The molecule has 1 aliphatic rings. The zero-order chi connectivity index (χ0) is 11.0. The van der Waals surface area contributed by atoms with Crippen LogP contribution in [0.5, 0.6) is 0 Å². The molecule has 16 heavy (non-hydrogen) atoms. The first kappa shape index (κ1) is 9.79. The first-order valence-corrected chi connectivity index (χ1v) is 5.94. The largest absolute Gasteiger partial charge is 0.324 e. The Kier molecular flexibility index (Phi) is 2.37. The van der Waals surface area contributed by atoms with Crippen LogP contribution in [0, 0.1) is 5.92 Å². The fraction of sp³-hybridized carbons (Fsp3) is 0.357. The Hall–Kier alpha value is -1.41. The molecule has 1 aliphatic carbocycles. The lowest BCUT2D eigenvalue weighted by atomic mass is 9.99. The highest BCUT2D eigenvalue weighted by molar-refractivity contribution is 5.81. The Balaban J connectivity index is 2.00. The first-order valence-electron chi connectivity index (χ1n) is 5.94. The molecule has 82 valence electrons. The fourth-order valence-corrected chi connectivity index (χ4v) is 2.27. The van der Waals surface area contributed by atoms with E-state index >= 15 is 0 Å². The topological polar surface area (TPSA) is 38.9 Å². The van der Waals surface area contributed by atoms with Crippen LogP contribution < -0.4 is 5.73 Å². The maximum absolute atomic E-state index is 6.26. The molecule has 0 saturated heterocycles. The molecule has 1 unspecified atom stereocenters. The number of pyridine rings is 1. The summed E-state index contributed by atoms with van der Waals surface area (Å²) >= 11 is 0. The molecular weight excluding hydrogens is 196 g/mol. The predicted molar refractivity (Wildman–Crippen MR) is 66.0 cm³/mol. The average molecular weight is 212 g/mol. The number of benzene rings is 1. The molecule has 0 radical (unpaired) electrons. The molecule has 2 aromatic rings. The molecule has 3 rings (SSSR count). The summed E-state index contributed by atoms with van der Waals surface area (Å²) in [6.07, 6.45) is 5.66. The maximum atomic E-state index is 6.26. The van der Waals surface area contributed by atoms with Crippen LogP contribution in [0.15, 0.2) is 36.5 Å². The summed E-state index contributed by atoms with van der Waals surface area (Å²) in [6.45, 7) is 0. The van der Waals surface area contributed by atoms with E-state index in [0.29, 0.717) is 0 Å². The second-order valence-corrected chi connectivity index (χ2v) is 4.71. The van der Waals surface area contributed by atoms with E-state index in [9.17, 15) is 0 Å². The highest BCUT2D eigenvalue weighted by atomic mass is 14.7. The van der Waals surface area contributed by atoms with Gasteiger partial charge in [-0.3, -0.25) is 4.98 Å². The molecule has 0 amide bonds. The molecule has 0 bridgehead atoms. The molecule has 1 aromatic heterocycles. The zero-order valence-electron chi connectivity index (χ0n) is 9.26. The van der Waals surface area contributed by atoms with Crippen molar-refractivity contribution in [2.75, 3.05) is 0 Å². The maximum Gasteiger partial charge on any atom is 0.0749 e. The summed E-state index contributed by atoms with van der Waals surface area (Å²) in [7, 11) is 0. The quantitative estimate of drug-likeness (QED) is 0.849. The van der Waals surface area contributed by atoms with E-state index in [4.69, 9.17) is 5.73 Å². The first-order chi connectivity index (χ1) is 7.84. The van der Waals surface area contributed by atoms with Gasteiger partial charge in [0.15, 0.2) is 0 Å². The minimum atomic E-state index is 0.145. The summed E-state index contributed by atoms with van der Waals surface area (Å²) in [6, 6.07) is 10.5. The number of rotatable bonds is 3. The van der Waals surface area contributed by atoms with Gasteiger partial charge in [0.2, 0.25) is 0 Å². The standard InChI is InChI=1S/C14H16N2/c15-13(9-10-6-7-10)12-5-1-3-11-4-2-8-16-14(11)12/h1-5,8,10,13H,6-7,9,15H2. The highest BCUT2D eigenvalue weighted by Crippen LogP contribution is 2.37. The van der Waals surface area contributed by atoms with E-state index < -0.39 is 0 Å². The lowest BCUT2D eigenvalue weighted by Crippen LogP contribution is -2.11. The number of hydrogen-bond acceptors (Lipinski definition) is 2. The molecule has 1 heterocycles. The molecule has 2 nitrogen and oxygen atoms in total. The molecule has 2 heteroatoms. The molecule has 0 spiro atoms. The van der Waals surface area contributed by atoms with Crippen molar-refractivity contribution in [3.63, 3.8) is 0 Å². The van der Waals surface area contributed by atoms with Crippen LogP contribution in [0.1, 0.15) is 30.9 Å². The highest BCUT2D eigenvalue weighted by Gasteiger charge is 2.25. The number of hydrogen-bond donors (Lipinski definition) is 1. The SMILES string of the molecule is NC(CC1CC1)c1cccc2cccnc12. The molecule has 1 saturated carbocycles. The number of nitrogens with zero attached hydrogens (tertiary/aromatic N) is 1. The molecule has 0 aliphatic heterocycles. The summed E-state index contributed by atoms with van der Waals surface area (Å²) in [4.78, 5) is 4.45. The van der Waals surface area contributed by atoms with Crippen LogP contribution in [-0.2, 0) is 0 Å². The Labute approximate surface area is 95.5 Å². The van der Waals surface area contributed by atoms with Crippen molar-refractivity contribution in [2.24, 2.45) is 11.7 Å². The van der Waals surface area contributed by atoms with Crippen molar-refractivity contribution in [3.05, 3.63) is 42.1 Å². The third-order valence-electron chi connectivity index (χ3n) is 3.35. The second-order valence-electron chi connectivity index (χ2n) is 4.71. The minimum absolute atomic E-state index is 0.145. The van der Waals surface area contributed by atoms with Gasteiger partial charge in [0.1, 0.15) is 0 Å². The van der Waals surface area contributed by atoms with E-state index in [2.05, 4.69) is 29.2 Å². The second kappa shape index (κ2) is 3.87. The van der Waals surface area contributed by atoms with E-state index in [1.807, 2.05) is 12.3 Å². The van der Waals surface area contributed by atoms with Crippen molar-refractivity contribution in [3.8, 4) is 0 Å². The van der Waals surface area contributed by atoms with Crippen LogP contribution in [-0.4, -0.2) is 4.98 Å². The van der Waals surface area contributed by atoms with Gasteiger partial charge in [-0.25, -0.2) is 0 Å². The Bertz CT molecular complexity index is 498. The van der Waals surface area contributed by atoms with Crippen LogP contribution in [0.3, 0.4) is 0 Å². The van der Waals surface area contributed by atoms with Gasteiger partial charge in [0.05, 0.1) is 5.52 Å². The van der Waals surface area contributed by atoms with Gasteiger partial charge in [-0.1, -0.05) is 37.1 Å². The van der Waals surface area contributed by atoms with Crippen LogP contribution in [0.2, 0.25) is 0 Å². The molecule has 1 fully saturated rings. The lowest BCUT2D eigenvalue weighted by molar-refractivity contribution is 0.599. The van der Waals surface area contributed by atoms with Crippen molar-refractivity contribution >= 4 is 10.9 Å². The van der Waals surface area contributed by atoms with Gasteiger partial charge in [-0.15, -0.1) is 0 Å². The Morgan fingerprint density at radius 2 is 2.06 bits per heavy atom. The number of aromatic nitrogens is 1. The van der Waals surface area contributed by atoms with Gasteiger partial charge < -0.3 is 5.73 Å². The van der Waals surface area contributed by atoms with Crippen LogP contribution in [0.4, 0.5) is 0 Å². The number of para-hydroxylation sites is 1. The van der Waals surface area contributed by atoms with E-state index in [1.165, 1.54) is 23.8 Å². The molecule has 1 atom stereocenters. The molecule has 2 N–H and O–H groups in total. The Morgan fingerprint density at radius 1 is 1.25 bits per heavy atom. The summed E-state index contributed by atoms with van der Waals surface area (Å²) in [5, 5.41) is 1.19. The van der Waals surface area contributed by atoms with Gasteiger partial charge in [-0.05, 0) is 24.0 Å². The van der Waals surface area contributed by atoms with Crippen molar-refractivity contribution < 1.29 is 0 Å². The molecule has 1 aromatic carbocycles. The van der Waals surface area contributed by atoms with Crippen LogP contribution in [0.25, 0.3) is 10.9 Å². The van der Waals surface area contributed by atoms with Gasteiger partial charge in [-0.2, -0.15) is 0 Å². The van der Waals surface area contributed by atoms with Gasteiger partial charge >= 0.3 is 0 Å². The lowest BCUT2D eigenvalue weighted by Gasteiger charge is -2.13. The van der Waals surface area contributed by atoms with E-state index in [0.717, 1.165) is 17.9 Å². The zero-order valence-corrected chi connectivity index (χ0v) is 9.26. The minimum Gasteiger partial charge on any atom is -0.324 e. The van der Waals surface area contributed by atoms with E-state index in [1.54, 1.807) is 0 Å². The third-order valence-corrected chi connectivity index (χ3v) is 3.35. The fourth-order valence-electron chi connectivity index (χ4n) is 2.27. The van der Waals surface area contributed by atoms with E-state index in [-0.39, 0.29) is 6.04 Å². The predicted octanol–water partition coefficient (Wildman–Crippen LogP) is 3.03. The summed E-state index contributed by atoms with van der Waals surface area (Å²) in [5.74, 6) is 0.856. The monoisotopic (exact) mass is 212 g/mol. The van der Waals surface area contributed by atoms with Gasteiger partial charge in [0.25, 0.3) is 0 Å². The average Bonchev–Trinajstić information content (AvgIpc) is 3.12. The smallest absolute Gasteiger partial charge is 0.0749 e.